The summed E-state index contributed by atoms with van der Waals surface area (Å²) < 4.78 is 14.2. The van der Waals surface area contributed by atoms with E-state index in [0.717, 1.165) is 50.8 Å². The molecule has 4 N–H and O–H groups in total. The van der Waals surface area contributed by atoms with Crippen molar-refractivity contribution in [3.63, 3.8) is 0 Å². The Kier molecular flexibility index (Phi) is 10.7. The van der Waals surface area contributed by atoms with Crippen LogP contribution in [0.4, 0.5) is 0 Å². The quantitative estimate of drug-likeness (QED) is 0.286. The number of amides is 2. The molecule has 3 aromatic rings. The standard InChI is InChI=1S/C40H53N7O5S/c1-7-46-32-13-12-24-16-26(32)27(36(46)25-10-8-14-42-35(25)23(3)51-6)18-40(4,5)21-52-39(50)29-11-9-15-47(45-29)38(49)30(17-33-43-31(24)20-53-33)44-37(48)34-22(2)28(34)19-41/h8,10,12-14,16,22-23,28-31,34,45H,7,9,11,15,17-21,41H2,1-6H3,(H,44,48)/t22-,23-,28+,29-,30-,31?,34+/m0/s1. The van der Waals surface area contributed by atoms with Crippen LogP contribution in [0.5, 0.6) is 0 Å². The minimum absolute atomic E-state index is 0.106. The Morgan fingerprint density at radius 3 is 2.81 bits per heavy atom. The monoisotopic (exact) mass is 743 g/mol. The summed E-state index contributed by atoms with van der Waals surface area (Å²) >= 11 is 1.63. The highest BCUT2D eigenvalue weighted by atomic mass is 32.2. The third kappa shape index (κ3) is 7.37. The zero-order valence-electron chi connectivity index (χ0n) is 31.7. The van der Waals surface area contributed by atoms with Crippen LogP contribution in [0.2, 0.25) is 0 Å². The highest BCUT2D eigenvalue weighted by Crippen LogP contribution is 2.46. The molecule has 1 aromatic carbocycles. The summed E-state index contributed by atoms with van der Waals surface area (Å²) in [4.78, 5) is 51.2. The fraction of sp³-hybridized carbons (Fsp3) is 0.575. The number of carbonyl (C=O) groups is 3. The van der Waals surface area contributed by atoms with Crippen molar-refractivity contribution in [1.82, 2.24) is 25.3 Å². The molecule has 284 valence electrons. The summed E-state index contributed by atoms with van der Waals surface area (Å²) in [6.07, 6.45) is 3.67. The van der Waals surface area contributed by atoms with Crippen LogP contribution in [0.1, 0.15) is 82.8 Å². The number of benzene rings is 1. The first kappa shape index (κ1) is 37.5. The maximum atomic E-state index is 14.1. The van der Waals surface area contributed by atoms with Crippen molar-refractivity contribution in [3.05, 3.63) is 53.3 Å². The Labute approximate surface area is 316 Å². The van der Waals surface area contributed by atoms with Gasteiger partial charge in [-0.3, -0.25) is 29.4 Å². The number of fused-ring (bicyclic) bond motifs is 5. The first-order chi connectivity index (χ1) is 25.4. The number of thioether (sulfide) groups is 1. The molecule has 5 heterocycles. The molecular weight excluding hydrogens is 691 g/mol. The summed E-state index contributed by atoms with van der Waals surface area (Å²) in [6.45, 7) is 12.2. The van der Waals surface area contributed by atoms with Gasteiger partial charge < -0.3 is 25.1 Å². The first-order valence-electron chi connectivity index (χ1n) is 19.0. The van der Waals surface area contributed by atoms with E-state index in [2.05, 4.69) is 60.3 Å². The molecule has 1 saturated heterocycles. The van der Waals surface area contributed by atoms with Crippen molar-refractivity contribution in [2.45, 2.75) is 91.1 Å². The number of nitrogens with zero attached hydrogens (tertiary/aromatic N) is 4. The number of aromatic nitrogens is 2. The van der Waals surface area contributed by atoms with E-state index in [0.29, 0.717) is 32.4 Å². The molecule has 1 aliphatic carbocycles. The summed E-state index contributed by atoms with van der Waals surface area (Å²) in [6, 6.07) is 9.09. The van der Waals surface area contributed by atoms with Gasteiger partial charge in [-0.05, 0) is 86.9 Å². The average Bonchev–Trinajstić information content (AvgIpc) is 3.44. The Morgan fingerprint density at radius 2 is 2.08 bits per heavy atom. The molecule has 12 nitrogen and oxygen atoms in total. The first-order valence-corrected chi connectivity index (χ1v) is 20.0. The van der Waals surface area contributed by atoms with Gasteiger partial charge in [0.05, 0.1) is 35.2 Å². The van der Waals surface area contributed by atoms with Crippen LogP contribution >= 0.6 is 11.8 Å². The molecule has 1 unspecified atom stereocenters. The second kappa shape index (κ2) is 15.2. The fourth-order valence-corrected chi connectivity index (χ4v) is 9.51. The highest BCUT2D eigenvalue weighted by molar-refractivity contribution is 8.14. The number of cyclic esters (lactones) is 1. The van der Waals surface area contributed by atoms with Crippen LogP contribution in [-0.4, -0.2) is 82.0 Å². The lowest BCUT2D eigenvalue weighted by Crippen LogP contribution is -2.60. The Hall–Kier alpha value is -3.78. The largest absolute Gasteiger partial charge is 0.464 e. The van der Waals surface area contributed by atoms with Gasteiger partial charge in [-0.2, -0.15) is 0 Å². The minimum atomic E-state index is -0.836. The molecule has 0 spiro atoms. The van der Waals surface area contributed by atoms with E-state index in [1.54, 1.807) is 18.9 Å². The SMILES string of the molecule is CCn1c(-c2cccnc2[C@H](C)OC)c2c3cc(ccc31)C1CSC(=N1)C[C@H](NC(=O)[C@@H]1[C@@H](C)[C@H]1CN)C(=O)N1CCC[C@H](N1)C(=O)OCC(C)(C)C2. The molecule has 0 radical (unpaired) electrons. The molecule has 4 aliphatic rings. The van der Waals surface area contributed by atoms with E-state index in [1.165, 1.54) is 10.6 Å². The van der Waals surface area contributed by atoms with Crippen molar-refractivity contribution in [1.29, 1.82) is 0 Å². The lowest BCUT2D eigenvalue weighted by Gasteiger charge is -2.35. The summed E-state index contributed by atoms with van der Waals surface area (Å²) in [7, 11) is 1.70. The predicted octanol–water partition coefficient (Wildman–Crippen LogP) is 4.95. The number of hydrogen-bond donors (Lipinski definition) is 3. The van der Waals surface area contributed by atoms with Gasteiger partial charge in [0.15, 0.2) is 0 Å². The van der Waals surface area contributed by atoms with Crippen LogP contribution in [-0.2, 0) is 36.8 Å². The molecule has 6 bridgehead atoms. The number of esters is 1. The van der Waals surface area contributed by atoms with Gasteiger partial charge in [0.2, 0.25) is 5.91 Å². The number of carbonyl (C=O) groups excluding carboxylic acids is 3. The summed E-state index contributed by atoms with van der Waals surface area (Å²) in [5.41, 5.74) is 15.0. The van der Waals surface area contributed by atoms with Gasteiger partial charge in [0.1, 0.15) is 12.1 Å². The Bertz CT molecular complexity index is 1930. The topological polar surface area (TPSA) is 153 Å². The van der Waals surface area contributed by atoms with Crippen molar-refractivity contribution in [2.75, 3.05) is 32.6 Å². The predicted molar refractivity (Wildman–Crippen MR) is 207 cm³/mol. The molecule has 1 saturated carbocycles. The normalized spacial score (nSPS) is 27.9. The molecular formula is C40H53N7O5S. The third-order valence-corrected chi connectivity index (χ3v) is 12.6. The number of nitrogens with two attached hydrogens (primary N) is 1. The van der Waals surface area contributed by atoms with Crippen LogP contribution < -0.4 is 16.5 Å². The molecule has 2 aromatic heterocycles. The van der Waals surface area contributed by atoms with Gasteiger partial charge in [-0.25, -0.2) is 5.43 Å². The number of hydrogen-bond acceptors (Lipinski definition) is 10. The highest BCUT2D eigenvalue weighted by Gasteiger charge is 2.51. The van der Waals surface area contributed by atoms with Crippen LogP contribution in [0.3, 0.4) is 0 Å². The van der Waals surface area contributed by atoms with Gasteiger partial charge >= 0.3 is 5.97 Å². The number of ether oxygens (including phenoxy) is 2. The van der Waals surface area contributed by atoms with Gasteiger partial charge in [-0.15, -0.1) is 11.8 Å². The maximum absolute atomic E-state index is 14.1. The Balaban J connectivity index is 1.32. The van der Waals surface area contributed by atoms with Gasteiger partial charge in [0.25, 0.3) is 5.91 Å². The van der Waals surface area contributed by atoms with Crippen molar-refractivity contribution in [2.24, 2.45) is 33.9 Å². The van der Waals surface area contributed by atoms with E-state index in [4.69, 9.17) is 25.2 Å². The van der Waals surface area contributed by atoms with E-state index in [-0.39, 0.29) is 54.7 Å². The van der Waals surface area contributed by atoms with Gasteiger partial charge in [0, 0.05) is 66.4 Å². The van der Waals surface area contributed by atoms with E-state index < -0.39 is 23.5 Å². The van der Waals surface area contributed by atoms with Crippen LogP contribution in [0.25, 0.3) is 22.2 Å². The number of rotatable bonds is 7. The zero-order valence-corrected chi connectivity index (χ0v) is 32.5. The smallest absolute Gasteiger partial charge is 0.324 e. The number of aliphatic imine (C=N–C) groups is 1. The van der Waals surface area contributed by atoms with Gasteiger partial charge in [-0.1, -0.05) is 26.8 Å². The number of nitrogens with one attached hydrogen (secondary N) is 2. The lowest BCUT2D eigenvalue weighted by atomic mass is 9.84. The molecule has 7 rings (SSSR count). The van der Waals surface area contributed by atoms with Crippen LogP contribution in [0, 0.1) is 23.2 Å². The van der Waals surface area contributed by atoms with Crippen molar-refractivity contribution in [3.8, 4) is 11.3 Å². The zero-order chi connectivity index (χ0) is 37.6. The molecule has 53 heavy (non-hydrogen) atoms. The Morgan fingerprint density at radius 1 is 1.26 bits per heavy atom. The second-order valence-electron chi connectivity index (χ2n) is 15.8. The lowest BCUT2D eigenvalue weighted by molar-refractivity contribution is -0.155. The molecule has 7 atom stereocenters. The van der Waals surface area contributed by atoms with Crippen molar-refractivity contribution < 1.29 is 23.9 Å². The summed E-state index contributed by atoms with van der Waals surface area (Å²) in [5, 5.41) is 6.52. The average molecular weight is 744 g/mol. The number of pyridine rings is 1. The molecule has 13 heteroatoms. The van der Waals surface area contributed by atoms with E-state index in [1.807, 2.05) is 26.1 Å². The van der Waals surface area contributed by atoms with Crippen molar-refractivity contribution >= 4 is 45.5 Å². The number of aryl methyl sites for hydroxylation is 1. The van der Waals surface area contributed by atoms with E-state index in [9.17, 15) is 14.4 Å². The van der Waals surface area contributed by atoms with Crippen LogP contribution in [0.15, 0.2) is 41.5 Å². The molecule has 2 fully saturated rings. The minimum Gasteiger partial charge on any atom is -0.464 e. The third-order valence-electron chi connectivity index (χ3n) is 11.6. The molecule has 2 amide bonds. The fourth-order valence-electron chi connectivity index (χ4n) is 8.41. The number of methoxy groups -OCH3 is 1. The van der Waals surface area contributed by atoms with E-state index >= 15 is 0 Å². The second-order valence-corrected chi connectivity index (χ2v) is 16.9. The maximum Gasteiger partial charge on any atom is 0.324 e. The summed E-state index contributed by atoms with van der Waals surface area (Å²) in [5.74, 6) is -0.0291. The number of hydrazine groups is 1. The molecule has 3 aliphatic heterocycles.